The highest BCUT2D eigenvalue weighted by atomic mass is 16.7. The molecular weight excluding hydrogens is 374 g/mol. The molecule has 29 heavy (non-hydrogen) atoms. The largest absolute Gasteiger partial charge is 0.481 e. The number of carbonyl (C=O) groups excluding carboxylic acids is 1. The molecule has 3 rings (SSSR count). The second kappa shape index (κ2) is 9.36. The number of hydrogen-bond donors (Lipinski definition) is 2. The Morgan fingerprint density at radius 3 is 2.38 bits per heavy atom. The molecule has 2 aromatic carbocycles. The van der Waals surface area contributed by atoms with Gasteiger partial charge in [-0.3, -0.25) is 9.59 Å². The Balaban J connectivity index is 1.73. The third-order valence-electron chi connectivity index (χ3n) is 4.64. The molecule has 0 fully saturated rings. The molecule has 3 aromatic rings. The number of para-hydroxylation sites is 1. The van der Waals surface area contributed by atoms with E-state index in [1.165, 1.54) is 14.2 Å². The van der Waals surface area contributed by atoms with E-state index in [0.717, 1.165) is 22.3 Å². The predicted molar refractivity (Wildman–Crippen MR) is 108 cm³/mol. The van der Waals surface area contributed by atoms with Crippen molar-refractivity contribution in [3.05, 3.63) is 60.2 Å². The number of nitrogens with one attached hydrogen (secondary N) is 1. The molecular formula is C22H23NO6. The lowest BCUT2D eigenvalue weighted by molar-refractivity contribution is -0.140. The summed E-state index contributed by atoms with van der Waals surface area (Å²) in [6.45, 7) is 0. The summed E-state index contributed by atoms with van der Waals surface area (Å²) in [5, 5.41) is 12.7. The van der Waals surface area contributed by atoms with E-state index in [4.69, 9.17) is 19.0 Å². The summed E-state index contributed by atoms with van der Waals surface area (Å²) in [5.74, 6) is -0.572. The summed E-state index contributed by atoms with van der Waals surface area (Å²) >= 11 is 0. The highest BCUT2D eigenvalue weighted by Gasteiger charge is 2.24. The molecule has 0 saturated carbocycles. The van der Waals surface area contributed by atoms with Gasteiger partial charge in [-0.05, 0) is 30.7 Å². The van der Waals surface area contributed by atoms with Crippen molar-refractivity contribution in [1.82, 2.24) is 5.32 Å². The molecule has 0 aliphatic rings. The van der Waals surface area contributed by atoms with Gasteiger partial charge in [-0.1, -0.05) is 30.3 Å². The number of ether oxygens (including phenoxy) is 2. The van der Waals surface area contributed by atoms with Crippen LogP contribution in [0.15, 0.2) is 59.0 Å². The maximum absolute atomic E-state index is 12.6. The van der Waals surface area contributed by atoms with Crippen LogP contribution in [-0.4, -0.2) is 43.5 Å². The highest BCUT2D eigenvalue weighted by Crippen LogP contribution is 2.27. The minimum atomic E-state index is -0.953. The van der Waals surface area contributed by atoms with E-state index in [9.17, 15) is 9.59 Å². The molecule has 0 aliphatic heterocycles. The fraction of sp³-hybridized carbons (Fsp3) is 0.273. The number of amides is 1. The Bertz CT molecular complexity index is 941. The highest BCUT2D eigenvalue weighted by molar-refractivity contribution is 5.95. The van der Waals surface area contributed by atoms with Gasteiger partial charge in [0.25, 0.3) is 5.91 Å². The zero-order valence-electron chi connectivity index (χ0n) is 16.3. The minimum Gasteiger partial charge on any atom is -0.481 e. The lowest BCUT2D eigenvalue weighted by atomic mass is 10.1. The van der Waals surface area contributed by atoms with E-state index < -0.39 is 18.3 Å². The standard InChI is InChI=1S/C22H23NO6/c1-27-22(28-2)17(11-12-20(24)25)23-21(26)15-9-7-14(8-10-15)19-13-16-5-3-4-6-18(16)29-19/h3-10,13,17,22H,11-12H2,1-2H3,(H,23,26)(H,24,25)/t17-/m0/s1. The second-order valence-electron chi connectivity index (χ2n) is 6.58. The van der Waals surface area contributed by atoms with E-state index in [2.05, 4.69) is 5.32 Å². The molecule has 0 radical (unpaired) electrons. The van der Waals surface area contributed by atoms with Crippen molar-refractivity contribution in [2.24, 2.45) is 0 Å². The number of benzene rings is 2. The van der Waals surface area contributed by atoms with Crippen LogP contribution in [0.3, 0.4) is 0 Å². The first-order valence-electron chi connectivity index (χ1n) is 9.19. The van der Waals surface area contributed by atoms with Crippen LogP contribution in [0.2, 0.25) is 0 Å². The molecule has 0 spiro atoms. The number of carbonyl (C=O) groups is 2. The van der Waals surface area contributed by atoms with Crippen molar-refractivity contribution >= 4 is 22.8 Å². The van der Waals surface area contributed by atoms with Gasteiger partial charge in [-0.15, -0.1) is 0 Å². The van der Waals surface area contributed by atoms with Gasteiger partial charge in [0.2, 0.25) is 0 Å². The van der Waals surface area contributed by atoms with Crippen molar-refractivity contribution in [3.63, 3.8) is 0 Å². The van der Waals surface area contributed by atoms with Crippen LogP contribution in [0.1, 0.15) is 23.2 Å². The Kier molecular flexibility index (Phi) is 6.64. The van der Waals surface area contributed by atoms with Crippen molar-refractivity contribution in [2.75, 3.05) is 14.2 Å². The van der Waals surface area contributed by atoms with Crippen LogP contribution < -0.4 is 5.32 Å². The topological polar surface area (TPSA) is 98.0 Å². The van der Waals surface area contributed by atoms with E-state index in [1.807, 2.05) is 42.5 Å². The third kappa shape index (κ3) is 5.01. The number of fused-ring (bicyclic) bond motifs is 1. The van der Waals surface area contributed by atoms with Gasteiger partial charge < -0.3 is 24.3 Å². The number of carboxylic acid groups (broad SMARTS) is 1. The van der Waals surface area contributed by atoms with Crippen LogP contribution in [0.4, 0.5) is 0 Å². The lowest BCUT2D eigenvalue weighted by Gasteiger charge is -2.25. The Hall–Kier alpha value is -3.16. The summed E-state index contributed by atoms with van der Waals surface area (Å²) in [5.41, 5.74) is 2.10. The summed E-state index contributed by atoms with van der Waals surface area (Å²) in [6.07, 6.45) is -0.669. The van der Waals surface area contributed by atoms with E-state index in [0.29, 0.717) is 5.56 Å². The Morgan fingerprint density at radius 1 is 1.07 bits per heavy atom. The molecule has 0 saturated heterocycles. The van der Waals surface area contributed by atoms with E-state index >= 15 is 0 Å². The molecule has 7 nitrogen and oxygen atoms in total. The van der Waals surface area contributed by atoms with Crippen molar-refractivity contribution in [3.8, 4) is 11.3 Å². The van der Waals surface area contributed by atoms with Gasteiger partial charge in [-0.25, -0.2) is 0 Å². The van der Waals surface area contributed by atoms with Crippen molar-refractivity contribution < 1.29 is 28.6 Å². The van der Waals surface area contributed by atoms with Crippen LogP contribution in [-0.2, 0) is 14.3 Å². The summed E-state index contributed by atoms with van der Waals surface area (Å²) < 4.78 is 16.2. The fourth-order valence-corrected chi connectivity index (χ4v) is 3.14. The molecule has 7 heteroatoms. The molecule has 0 bridgehead atoms. The molecule has 2 N–H and O–H groups in total. The number of hydrogen-bond acceptors (Lipinski definition) is 5. The van der Waals surface area contributed by atoms with Crippen LogP contribution in [0.5, 0.6) is 0 Å². The van der Waals surface area contributed by atoms with Gasteiger partial charge in [0.15, 0.2) is 6.29 Å². The van der Waals surface area contributed by atoms with Gasteiger partial charge in [0.05, 0.1) is 6.04 Å². The summed E-state index contributed by atoms with van der Waals surface area (Å²) in [6, 6.07) is 16.1. The first-order valence-corrected chi connectivity index (χ1v) is 9.19. The predicted octanol–water partition coefficient (Wildman–Crippen LogP) is 3.68. The monoisotopic (exact) mass is 397 g/mol. The maximum Gasteiger partial charge on any atom is 0.303 e. The van der Waals surface area contributed by atoms with E-state index in [1.54, 1.807) is 12.1 Å². The average molecular weight is 397 g/mol. The van der Waals surface area contributed by atoms with Gasteiger partial charge in [0.1, 0.15) is 11.3 Å². The maximum atomic E-state index is 12.6. The molecule has 1 heterocycles. The quantitative estimate of drug-likeness (QED) is 0.535. The molecule has 1 amide bonds. The van der Waals surface area contributed by atoms with Crippen molar-refractivity contribution in [2.45, 2.75) is 25.2 Å². The molecule has 0 aliphatic carbocycles. The van der Waals surface area contributed by atoms with Gasteiger partial charge in [0, 0.05) is 37.2 Å². The number of methoxy groups -OCH3 is 2. The van der Waals surface area contributed by atoms with Crippen molar-refractivity contribution in [1.29, 1.82) is 0 Å². The lowest BCUT2D eigenvalue weighted by Crippen LogP contribution is -2.45. The zero-order chi connectivity index (χ0) is 20.8. The number of aliphatic carboxylic acids is 1. The smallest absolute Gasteiger partial charge is 0.303 e. The Morgan fingerprint density at radius 2 is 1.76 bits per heavy atom. The van der Waals surface area contributed by atoms with Gasteiger partial charge in [-0.2, -0.15) is 0 Å². The van der Waals surface area contributed by atoms with E-state index in [-0.39, 0.29) is 18.7 Å². The molecule has 1 aromatic heterocycles. The van der Waals surface area contributed by atoms with Crippen LogP contribution >= 0.6 is 0 Å². The second-order valence-corrected chi connectivity index (χ2v) is 6.58. The van der Waals surface area contributed by atoms with Crippen LogP contribution in [0.25, 0.3) is 22.3 Å². The summed E-state index contributed by atoms with van der Waals surface area (Å²) in [4.78, 5) is 23.5. The molecule has 152 valence electrons. The average Bonchev–Trinajstić information content (AvgIpc) is 3.17. The SMILES string of the molecule is COC(OC)[C@H](CCC(=O)O)NC(=O)c1ccc(-c2cc3ccccc3o2)cc1. The number of rotatable bonds is 9. The molecule has 0 unspecified atom stereocenters. The Labute approximate surface area is 168 Å². The summed E-state index contributed by atoms with van der Waals surface area (Å²) in [7, 11) is 2.88. The number of carboxylic acids is 1. The zero-order valence-corrected chi connectivity index (χ0v) is 16.3. The normalized spacial score (nSPS) is 12.2. The third-order valence-corrected chi connectivity index (χ3v) is 4.64. The van der Waals surface area contributed by atoms with Crippen LogP contribution in [0, 0.1) is 0 Å². The van der Waals surface area contributed by atoms with Gasteiger partial charge >= 0.3 is 5.97 Å². The first kappa shape index (κ1) is 20.6. The molecule has 1 atom stereocenters. The first-order chi connectivity index (χ1) is 14.0. The minimum absolute atomic E-state index is 0.112. The fourth-order valence-electron chi connectivity index (χ4n) is 3.14. The number of furan rings is 1.